The van der Waals surface area contributed by atoms with E-state index in [2.05, 4.69) is 12.2 Å². The number of hydrogen-bond acceptors (Lipinski definition) is 2. The Labute approximate surface area is 124 Å². The molecule has 1 saturated carbocycles. The lowest BCUT2D eigenvalue weighted by Gasteiger charge is -2.24. The Morgan fingerprint density at radius 3 is 2.32 bits per heavy atom. The number of hydrogen-bond donors (Lipinski definition) is 2. The monoisotopic (exact) mass is 290 g/mol. The summed E-state index contributed by atoms with van der Waals surface area (Å²) >= 11 is 0. The van der Waals surface area contributed by atoms with Crippen molar-refractivity contribution in [2.75, 3.05) is 0 Å². The van der Waals surface area contributed by atoms with Gasteiger partial charge in [-0.2, -0.15) is 0 Å². The second kappa shape index (κ2) is 9.60. The van der Waals surface area contributed by atoms with Gasteiger partial charge in [-0.05, 0) is 31.6 Å². The molecule has 1 fully saturated rings. The van der Waals surface area contributed by atoms with E-state index in [-0.39, 0.29) is 36.3 Å². The molecule has 3 nitrogen and oxygen atoms in total. The quantitative estimate of drug-likeness (QED) is 0.789. The van der Waals surface area contributed by atoms with Crippen molar-refractivity contribution in [1.29, 1.82) is 0 Å². The minimum Gasteiger partial charge on any atom is -0.352 e. The maximum atomic E-state index is 11.8. The van der Waals surface area contributed by atoms with E-state index in [9.17, 15) is 4.79 Å². The Morgan fingerprint density at radius 2 is 1.79 bits per heavy atom. The van der Waals surface area contributed by atoms with Crippen LogP contribution in [0.3, 0.4) is 0 Å². The lowest BCUT2D eigenvalue weighted by molar-refractivity contribution is -0.123. The molecule has 1 amide bonds. The lowest BCUT2D eigenvalue weighted by atomic mass is 9.85. The molecule has 0 spiro atoms. The number of nitrogens with one attached hydrogen (secondary N) is 1. The molecule has 114 valence electrons. The van der Waals surface area contributed by atoms with E-state index in [4.69, 9.17) is 5.73 Å². The Morgan fingerprint density at radius 1 is 1.21 bits per heavy atom. The number of carbonyl (C=O) groups is 1. The molecule has 0 saturated heterocycles. The molecule has 4 heteroatoms. The van der Waals surface area contributed by atoms with Gasteiger partial charge in [-0.15, -0.1) is 12.4 Å². The van der Waals surface area contributed by atoms with Crippen molar-refractivity contribution in [3.63, 3.8) is 0 Å². The molecule has 0 aromatic heterocycles. The van der Waals surface area contributed by atoms with Gasteiger partial charge in [0, 0.05) is 6.04 Å². The third kappa shape index (κ3) is 7.17. The molecule has 0 radical (unpaired) electrons. The maximum Gasteiger partial charge on any atom is 0.237 e. The van der Waals surface area contributed by atoms with Gasteiger partial charge in [-0.25, -0.2) is 0 Å². The Hall–Kier alpha value is -0.280. The van der Waals surface area contributed by atoms with Crippen LogP contribution in [0.2, 0.25) is 0 Å². The Balaban J connectivity index is 0.00000324. The van der Waals surface area contributed by atoms with Crippen molar-refractivity contribution < 1.29 is 4.79 Å². The summed E-state index contributed by atoms with van der Waals surface area (Å²) < 4.78 is 0. The van der Waals surface area contributed by atoms with Gasteiger partial charge in [-0.1, -0.05) is 46.0 Å². The van der Waals surface area contributed by atoms with Gasteiger partial charge in [0.25, 0.3) is 0 Å². The third-order valence-corrected chi connectivity index (χ3v) is 4.14. The molecule has 1 unspecified atom stereocenters. The molecule has 0 heterocycles. The van der Waals surface area contributed by atoms with Crippen LogP contribution in [-0.2, 0) is 4.79 Å². The average Bonchev–Trinajstić information content (AvgIpc) is 2.36. The van der Waals surface area contributed by atoms with Crippen LogP contribution in [0.15, 0.2) is 0 Å². The second-order valence-electron chi connectivity index (χ2n) is 6.26. The first kappa shape index (κ1) is 18.7. The summed E-state index contributed by atoms with van der Waals surface area (Å²) in [5.41, 5.74) is 5.84. The molecule has 1 aliphatic rings. The summed E-state index contributed by atoms with van der Waals surface area (Å²) in [6.45, 7) is 6.06. The van der Waals surface area contributed by atoms with Crippen LogP contribution in [0.4, 0.5) is 0 Å². The van der Waals surface area contributed by atoms with Crippen LogP contribution < -0.4 is 11.1 Å². The zero-order valence-electron chi connectivity index (χ0n) is 12.7. The van der Waals surface area contributed by atoms with E-state index < -0.39 is 0 Å². The van der Waals surface area contributed by atoms with Crippen molar-refractivity contribution in [2.45, 2.75) is 77.8 Å². The highest BCUT2D eigenvalue weighted by molar-refractivity contribution is 5.85. The number of halogens is 1. The first-order chi connectivity index (χ1) is 8.50. The minimum absolute atomic E-state index is 0. The first-order valence-electron chi connectivity index (χ1n) is 7.56. The van der Waals surface area contributed by atoms with Crippen molar-refractivity contribution in [2.24, 2.45) is 17.6 Å². The van der Waals surface area contributed by atoms with E-state index in [1.54, 1.807) is 0 Å². The Kier molecular flexibility index (Phi) is 9.46. The zero-order valence-corrected chi connectivity index (χ0v) is 13.5. The molecule has 1 aliphatic carbocycles. The van der Waals surface area contributed by atoms with Gasteiger partial charge < -0.3 is 11.1 Å². The second-order valence-corrected chi connectivity index (χ2v) is 6.26. The van der Waals surface area contributed by atoms with Crippen LogP contribution in [0.1, 0.15) is 65.7 Å². The highest BCUT2D eigenvalue weighted by atomic mass is 35.5. The van der Waals surface area contributed by atoms with Crippen LogP contribution in [0, 0.1) is 11.8 Å². The predicted octanol–water partition coefficient (Wildman–Crippen LogP) is 3.26. The van der Waals surface area contributed by atoms with E-state index in [0.29, 0.717) is 0 Å². The van der Waals surface area contributed by atoms with Crippen molar-refractivity contribution >= 4 is 18.3 Å². The van der Waals surface area contributed by atoms with E-state index in [1.807, 2.05) is 13.8 Å². The highest BCUT2D eigenvalue weighted by Gasteiger charge is 2.20. The summed E-state index contributed by atoms with van der Waals surface area (Å²) in [6, 6.07) is -0.119. The highest BCUT2D eigenvalue weighted by Crippen LogP contribution is 2.27. The first-order valence-corrected chi connectivity index (χ1v) is 7.56. The molecule has 2 atom stereocenters. The Bertz CT molecular complexity index is 253. The van der Waals surface area contributed by atoms with Crippen LogP contribution in [0.25, 0.3) is 0 Å². The van der Waals surface area contributed by atoms with Gasteiger partial charge in [0.15, 0.2) is 0 Å². The van der Waals surface area contributed by atoms with E-state index >= 15 is 0 Å². The van der Waals surface area contributed by atoms with Crippen molar-refractivity contribution in [3.8, 4) is 0 Å². The number of amides is 1. The summed E-state index contributed by atoms with van der Waals surface area (Å²) in [5.74, 6) is 1.09. The summed E-state index contributed by atoms with van der Waals surface area (Å²) in [7, 11) is 0. The summed E-state index contributed by atoms with van der Waals surface area (Å²) in [6.07, 6.45) is 9.29. The molecule has 0 aromatic rings. The fourth-order valence-corrected chi connectivity index (χ4v) is 2.68. The molecule has 0 bridgehead atoms. The van der Waals surface area contributed by atoms with E-state index in [1.165, 1.54) is 38.5 Å². The lowest BCUT2D eigenvalue weighted by Crippen LogP contribution is -2.47. The van der Waals surface area contributed by atoms with Gasteiger partial charge in [-0.3, -0.25) is 4.79 Å². The predicted molar refractivity (Wildman–Crippen MR) is 83.5 cm³/mol. The van der Waals surface area contributed by atoms with Gasteiger partial charge >= 0.3 is 0 Å². The van der Waals surface area contributed by atoms with Gasteiger partial charge in [0.1, 0.15) is 0 Å². The SMILES string of the molecule is CC(CCC1CCCCC1)NC(=O)[C@@H](N)C(C)C.Cl. The third-order valence-electron chi connectivity index (χ3n) is 4.14. The van der Waals surface area contributed by atoms with Crippen molar-refractivity contribution in [3.05, 3.63) is 0 Å². The molecule has 0 aromatic carbocycles. The normalized spacial score (nSPS) is 19.6. The van der Waals surface area contributed by atoms with Crippen molar-refractivity contribution in [1.82, 2.24) is 5.32 Å². The smallest absolute Gasteiger partial charge is 0.237 e. The molecule has 1 rings (SSSR count). The number of rotatable bonds is 6. The number of nitrogens with two attached hydrogens (primary N) is 1. The van der Waals surface area contributed by atoms with E-state index in [0.717, 1.165) is 12.3 Å². The summed E-state index contributed by atoms with van der Waals surface area (Å²) in [5, 5.41) is 3.04. The molecular weight excluding hydrogens is 260 g/mol. The van der Waals surface area contributed by atoms with Gasteiger partial charge in [0.05, 0.1) is 6.04 Å². The average molecular weight is 291 g/mol. The number of carbonyl (C=O) groups excluding carboxylic acids is 1. The zero-order chi connectivity index (χ0) is 13.5. The topological polar surface area (TPSA) is 55.1 Å². The fraction of sp³-hybridized carbons (Fsp3) is 0.933. The standard InChI is InChI=1S/C15H30N2O.ClH/c1-11(2)14(16)15(18)17-12(3)9-10-13-7-5-4-6-8-13;/h11-14H,4-10,16H2,1-3H3,(H,17,18);1H/t12?,14-;/m0./s1. The van der Waals surface area contributed by atoms with Crippen LogP contribution in [-0.4, -0.2) is 18.0 Å². The minimum atomic E-state index is -0.373. The van der Waals surface area contributed by atoms with Crippen LogP contribution in [0.5, 0.6) is 0 Å². The summed E-state index contributed by atoms with van der Waals surface area (Å²) in [4.78, 5) is 11.8. The fourth-order valence-electron chi connectivity index (χ4n) is 2.68. The maximum absolute atomic E-state index is 11.8. The van der Waals surface area contributed by atoms with Gasteiger partial charge in [0.2, 0.25) is 5.91 Å². The molecule has 19 heavy (non-hydrogen) atoms. The molecular formula is C15H31ClN2O. The molecule has 3 N–H and O–H groups in total. The molecule has 0 aliphatic heterocycles. The largest absolute Gasteiger partial charge is 0.352 e. The van der Waals surface area contributed by atoms with Crippen LogP contribution >= 0.6 is 12.4 Å².